The number of nitrogens with one attached hydrogen (secondary N) is 1. The van der Waals surface area contributed by atoms with Crippen molar-refractivity contribution in [2.45, 2.75) is 6.92 Å². The molecule has 0 atom stereocenters. The molecule has 2 aromatic carbocycles. The first-order valence-corrected chi connectivity index (χ1v) is 5.02. The summed E-state index contributed by atoms with van der Waals surface area (Å²) in [6.45, 7) is 1.55. The molecule has 0 aromatic heterocycles. The first kappa shape index (κ1) is 13.7. The van der Waals surface area contributed by atoms with E-state index in [1.165, 1.54) is 0 Å². The standard InChI is InChI=1S/C14H11NO.W/c1-11(16)12-6-5-9-14(10-12)15-13-7-3-2-4-8-13;/h2-7,10,15H,1H3;/q-2;+2. The number of hydrogen-bond donors (Lipinski definition) is 1. The Labute approximate surface area is 115 Å². The maximum atomic E-state index is 11.2. The van der Waals surface area contributed by atoms with Crippen LogP contribution >= 0.6 is 0 Å². The predicted molar refractivity (Wildman–Crippen MR) is 63.8 cm³/mol. The smallest absolute Gasteiger partial charge is 0.401 e. The Morgan fingerprint density at radius 2 is 1.88 bits per heavy atom. The number of rotatable bonds is 3. The van der Waals surface area contributed by atoms with Gasteiger partial charge in [0.15, 0.2) is 0 Å². The van der Waals surface area contributed by atoms with Crippen LogP contribution in [0.1, 0.15) is 17.3 Å². The van der Waals surface area contributed by atoms with Gasteiger partial charge in [0.25, 0.3) is 0 Å². The molecule has 0 saturated carbocycles. The molecule has 0 spiro atoms. The number of para-hydroxylation sites is 1. The van der Waals surface area contributed by atoms with Crippen molar-refractivity contribution < 1.29 is 25.9 Å². The van der Waals surface area contributed by atoms with Gasteiger partial charge in [-0.05, 0) is 6.92 Å². The van der Waals surface area contributed by atoms with Crippen molar-refractivity contribution in [2.75, 3.05) is 5.32 Å². The molecule has 17 heavy (non-hydrogen) atoms. The summed E-state index contributed by atoms with van der Waals surface area (Å²) in [7, 11) is 0. The Morgan fingerprint density at radius 1 is 1.12 bits per heavy atom. The number of Topliss-reactive ketones (excluding diaryl/α,β-unsaturated/α-hetero) is 1. The fourth-order valence-electron chi connectivity index (χ4n) is 1.37. The Hall–Kier alpha value is -1.40. The summed E-state index contributed by atoms with van der Waals surface area (Å²) in [5, 5.41) is 3.14. The van der Waals surface area contributed by atoms with E-state index in [4.69, 9.17) is 0 Å². The van der Waals surface area contributed by atoms with Crippen LogP contribution in [0.3, 0.4) is 0 Å². The number of carbonyl (C=O) groups is 1. The summed E-state index contributed by atoms with van der Waals surface area (Å²) in [5.41, 5.74) is 2.31. The molecule has 0 aliphatic carbocycles. The molecule has 0 radical (unpaired) electrons. The first-order valence-electron chi connectivity index (χ1n) is 5.02. The van der Waals surface area contributed by atoms with Crippen molar-refractivity contribution in [1.82, 2.24) is 0 Å². The molecule has 0 bridgehead atoms. The summed E-state index contributed by atoms with van der Waals surface area (Å²) in [6.07, 6.45) is 0. The molecule has 2 nitrogen and oxygen atoms in total. The maximum absolute atomic E-state index is 11.2. The van der Waals surface area contributed by atoms with E-state index >= 15 is 0 Å². The molecule has 2 rings (SSSR count). The number of anilines is 2. The van der Waals surface area contributed by atoms with Crippen molar-refractivity contribution in [2.24, 2.45) is 0 Å². The summed E-state index contributed by atoms with van der Waals surface area (Å²) in [6, 6.07) is 18.9. The third-order valence-electron chi connectivity index (χ3n) is 2.19. The molecule has 1 N–H and O–H groups in total. The second-order valence-electron chi connectivity index (χ2n) is 3.45. The van der Waals surface area contributed by atoms with Gasteiger partial charge in [-0.3, -0.25) is 4.79 Å². The minimum atomic E-state index is 0. The number of hydrogen-bond acceptors (Lipinski definition) is 2. The van der Waals surface area contributed by atoms with Crippen LogP contribution in [0.15, 0.2) is 42.5 Å². The van der Waals surface area contributed by atoms with Gasteiger partial charge in [0, 0.05) is 0 Å². The van der Waals surface area contributed by atoms with E-state index in [0.717, 1.165) is 11.4 Å². The summed E-state index contributed by atoms with van der Waals surface area (Å²) in [4.78, 5) is 11.2. The van der Waals surface area contributed by atoms with E-state index in [1.807, 2.05) is 24.3 Å². The molecule has 0 aliphatic rings. The van der Waals surface area contributed by atoms with E-state index < -0.39 is 0 Å². The molecule has 0 amide bonds. The van der Waals surface area contributed by atoms with Gasteiger partial charge in [0.1, 0.15) is 5.78 Å². The summed E-state index contributed by atoms with van der Waals surface area (Å²) in [5.74, 6) is 0.0501. The minimum Gasteiger partial charge on any atom is -0.401 e. The Balaban J connectivity index is 0.00000144. The SMILES string of the molecule is CC(=O)c1cc[c-]c(Nc2[c-]cccc2)c1.[W+2]. The van der Waals surface area contributed by atoms with Crippen LogP contribution in [0.5, 0.6) is 0 Å². The van der Waals surface area contributed by atoms with Crippen LogP contribution in [0, 0.1) is 12.1 Å². The van der Waals surface area contributed by atoms with E-state index in [1.54, 1.807) is 25.1 Å². The van der Waals surface area contributed by atoms with E-state index in [2.05, 4.69) is 17.4 Å². The number of ketones is 1. The van der Waals surface area contributed by atoms with Crippen LogP contribution in [0.2, 0.25) is 0 Å². The van der Waals surface area contributed by atoms with Crippen LogP contribution in [0.4, 0.5) is 11.4 Å². The van der Waals surface area contributed by atoms with E-state index in [0.29, 0.717) is 5.56 Å². The van der Waals surface area contributed by atoms with Crippen LogP contribution in [-0.4, -0.2) is 5.78 Å². The van der Waals surface area contributed by atoms with Crippen molar-refractivity contribution in [3.8, 4) is 0 Å². The zero-order valence-electron chi connectivity index (χ0n) is 9.36. The van der Waals surface area contributed by atoms with Crippen molar-refractivity contribution in [3.05, 3.63) is 60.2 Å². The van der Waals surface area contributed by atoms with Crippen molar-refractivity contribution >= 4 is 17.2 Å². The molecule has 2 aromatic rings. The molecule has 0 heterocycles. The normalized spacial score (nSPS) is 9.24. The molecular formula is C14H11NOW. The molecule has 3 heteroatoms. The Bertz CT molecular complexity index is 497. The van der Waals surface area contributed by atoms with E-state index in [9.17, 15) is 4.79 Å². The van der Waals surface area contributed by atoms with Gasteiger partial charge >= 0.3 is 21.1 Å². The van der Waals surface area contributed by atoms with Gasteiger partial charge in [-0.25, -0.2) is 0 Å². The van der Waals surface area contributed by atoms with Crippen LogP contribution in [-0.2, 0) is 21.1 Å². The number of benzene rings is 2. The zero-order chi connectivity index (χ0) is 11.4. The topological polar surface area (TPSA) is 29.1 Å². The molecular weight excluding hydrogens is 382 g/mol. The summed E-state index contributed by atoms with van der Waals surface area (Å²) < 4.78 is 0. The average molecular weight is 393 g/mol. The fraction of sp³-hybridized carbons (Fsp3) is 0.0714. The van der Waals surface area contributed by atoms with Crippen LogP contribution < -0.4 is 5.32 Å². The van der Waals surface area contributed by atoms with Crippen LogP contribution in [0.25, 0.3) is 0 Å². The third-order valence-corrected chi connectivity index (χ3v) is 2.19. The Morgan fingerprint density at radius 3 is 2.53 bits per heavy atom. The third kappa shape index (κ3) is 3.83. The molecule has 84 valence electrons. The van der Waals surface area contributed by atoms with Gasteiger partial charge in [-0.15, -0.1) is 12.1 Å². The molecule has 0 aliphatic heterocycles. The zero-order valence-corrected chi connectivity index (χ0v) is 12.3. The average Bonchev–Trinajstić information content (AvgIpc) is 2.30. The predicted octanol–water partition coefficient (Wildman–Crippen LogP) is 3.23. The van der Waals surface area contributed by atoms with Crippen molar-refractivity contribution in [1.29, 1.82) is 0 Å². The Kier molecular flexibility index (Phi) is 5.11. The quantitative estimate of drug-likeness (QED) is 0.641. The van der Waals surface area contributed by atoms with Gasteiger partial charge in [-0.1, -0.05) is 16.9 Å². The molecule has 0 fully saturated rings. The second-order valence-corrected chi connectivity index (χ2v) is 3.45. The van der Waals surface area contributed by atoms with Gasteiger partial charge in [0.05, 0.1) is 0 Å². The van der Waals surface area contributed by atoms with Gasteiger partial charge in [-0.2, -0.15) is 42.5 Å². The first-order chi connectivity index (χ1) is 7.75. The number of carbonyl (C=O) groups excluding carboxylic acids is 1. The second kappa shape index (κ2) is 6.36. The van der Waals surface area contributed by atoms with Crippen molar-refractivity contribution in [3.63, 3.8) is 0 Å². The van der Waals surface area contributed by atoms with Gasteiger partial charge in [0.2, 0.25) is 0 Å². The molecule has 0 unspecified atom stereocenters. The molecule has 0 saturated heterocycles. The fourth-order valence-corrected chi connectivity index (χ4v) is 1.37. The maximum Gasteiger partial charge on any atom is 2.00 e. The van der Waals surface area contributed by atoms with Gasteiger partial charge < -0.3 is 5.32 Å². The van der Waals surface area contributed by atoms with E-state index in [-0.39, 0.29) is 26.8 Å². The summed E-state index contributed by atoms with van der Waals surface area (Å²) >= 11 is 0. The monoisotopic (exact) mass is 393 g/mol. The minimum absolute atomic E-state index is 0. The largest absolute Gasteiger partial charge is 2.00 e.